The van der Waals surface area contributed by atoms with E-state index in [1.165, 1.54) is 6.39 Å². The van der Waals surface area contributed by atoms with Crippen LogP contribution in [0.25, 0.3) is 0 Å². The van der Waals surface area contributed by atoms with Gasteiger partial charge in [-0.1, -0.05) is 5.16 Å². The first kappa shape index (κ1) is 14.1. The van der Waals surface area contributed by atoms with Crippen LogP contribution in [0.15, 0.2) is 10.9 Å². The van der Waals surface area contributed by atoms with Crippen LogP contribution in [0.4, 0.5) is 4.79 Å². The highest BCUT2D eigenvalue weighted by Crippen LogP contribution is 1.89. The maximum absolute atomic E-state index is 11.5. The van der Waals surface area contributed by atoms with E-state index in [4.69, 9.17) is 0 Å². The third-order valence-electron chi connectivity index (χ3n) is 2.17. The van der Waals surface area contributed by atoms with Crippen LogP contribution in [-0.4, -0.2) is 41.2 Å². The fourth-order valence-corrected chi connectivity index (χ4v) is 1.22. The van der Waals surface area contributed by atoms with Gasteiger partial charge in [0.25, 0.3) is 0 Å². The van der Waals surface area contributed by atoms with E-state index in [-0.39, 0.29) is 5.91 Å². The predicted octanol–water partition coefficient (Wildman–Crippen LogP) is -0.564. The van der Waals surface area contributed by atoms with Gasteiger partial charge in [-0.15, -0.1) is 0 Å². The summed E-state index contributed by atoms with van der Waals surface area (Å²) in [6.07, 6.45) is 1.80. The van der Waals surface area contributed by atoms with E-state index in [0.29, 0.717) is 25.3 Å². The van der Waals surface area contributed by atoms with Gasteiger partial charge in [0.15, 0.2) is 5.82 Å². The standard InChI is InChI=1S/C10H17N5O3/c1-3-11-10(17)14-9(16)7(2)12-5-4-8-13-6-18-15-8/h6-7,12H,3-5H2,1-2H3,(H2,11,14,16,17). The zero-order chi connectivity index (χ0) is 13.4. The van der Waals surface area contributed by atoms with E-state index in [1.54, 1.807) is 13.8 Å². The average molecular weight is 255 g/mol. The molecule has 0 radical (unpaired) electrons. The van der Waals surface area contributed by atoms with E-state index in [9.17, 15) is 9.59 Å². The summed E-state index contributed by atoms with van der Waals surface area (Å²) in [6, 6.07) is -0.964. The number of nitrogens with zero attached hydrogens (tertiary/aromatic N) is 2. The quantitative estimate of drug-likeness (QED) is 0.628. The predicted molar refractivity (Wildman–Crippen MR) is 62.7 cm³/mol. The first-order valence-electron chi connectivity index (χ1n) is 5.70. The zero-order valence-electron chi connectivity index (χ0n) is 10.4. The molecule has 18 heavy (non-hydrogen) atoms. The Balaban J connectivity index is 2.21. The molecule has 1 aromatic rings. The molecule has 100 valence electrons. The SMILES string of the molecule is CCNC(=O)NC(=O)C(C)NCCc1ncon1. The van der Waals surface area contributed by atoms with Crippen molar-refractivity contribution in [1.82, 2.24) is 26.1 Å². The van der Waals surface area contributed by atoms with E-state index in [0.717, 1.165) is 0 Å². The molecule has 0 aliphatic rings. The monoisotopic (exact) mass is 255 g/mol. The Morgan fingerprint density at radius 3 is 2.89 bits per heavy atom. The van der Waals surface area contributed by atoms with E-state index in [1.807, 2.05) is 0 Å². The fraction of sp³-hybridized carbons (Fsp3) is 0.600. The van der Waals surface area contributed by atoms with E-state index < -0.39 is 12.1 Å². The van der Waals surface area contributed by atoms with Gasteiger partial charge in [0, 0.05) is 19.5 Å². The second-order valence-corrected chi connectivity index (χ2v) is 3.62. The van der Waals surface area contributed by atoms with Crippen LogP contribution >= 0.6 is 0 Å². The number of urea groups is 1. The van der Waals surface area contributed by atoms with Gasteiger partial charge in [-0.05, 0) is 13.8 Å². The molecule has 0 saturated carbocycles. The summed E-state index contributed by atoms with van der Waals surface area (Å²) in [5.74, 6) is 0.188. The molecule has 3 amide bonds. The molecule has 0 aliphatic heterocycles. The molecule has 1 heterocycles. The van der Waals surface area contributed by atoms with Gasteiger partial charge in [-0.2, -0.15) is 4.98 Å². The lowest BCUT2D eigenvalue weighted by molar-refractivity contribution is -0.121. The highest BCUT2D eigenvalue weighted by molar-refractivity contribution is 5.96. The highest BCUT2D eigenvalue weighted by Gasteiger charge is 2.14. The topological polar surface area (TPSA) is 109 Å². The number of amides is 3. The van der Waals surface area contributed by atoms with Crippen molar-refractivity contribution in [3.8, 4) is 0 Å². The average Bonchev–Trinajstić information content (AvgIpc) is 2.82. The van der Waals surface area contributed by atoms with Crippen LogP contribution in [0.5, 0.6) is 0 Å². The molecule has 8 heteroatoms. The number of hydrogen-bond donors (Lipinski definition) is 3. The molecule has 8 nitrogen and oxygen atoms in total. The van der Waals surface area contributed by atoms with Crippen LogP contribution in [0.3, 0.4) is 0 Å². The molecule has 1 unspecified atom stereocenters. The van der Waals surface area contributed by atoms with Crippen molar-refractivity contribution in [3.63, 3.8) is 0 Å². The third kappa shape index (κ3) is 4.91. The van der Waals surface area contributed by atoms with Crippen molar-refractivity contribution in [2.75, 3.05) is 13.1 Å². The second kappa shape index (κ2) is 7.38. The zero-order valence-corrected chi connectivity index (χ0v) is 10.4. The minimum absolute atomic E-state index is 0.380. The molecule has 0 aromatic carbocycles. The van der Waals surface area contributed by atoms with Crippen molar-refractivity contribution in [3.05, 3.63) is 12.2 Å². The second-order valence-electron chi connectivity index (χ2n) is 3.62. The van der Waals surface area contributed by atoms with Gasteiger partial charge in [0.2, 0.25) is 12.3 Å². The van der Waals surface area contributed by atoms with Crippen LogP contribution in [0.1, 0.15) is 19.7 Å². The van der Waals surface area contributed by atoms with Gasteiger partial charge >= 0.3 is 6.03 Å². The molecule has 0 bridgehead atoms. The Morgan fingerprint density at radius 2 is 2.28 bits per heavy atom. The molecular weight excluding hydrogens is 238 g/mol. The van der Waals surface area contributed by atoms with Gasteiger partial charge in [0.05, 0.1) is 6.04 Å². The number of nitrogens with one attached hydrogen (secondary N) is 3. The number of aromatic nitrogens is 2. The lowest BCUT2D eigenvalue weighted by Crippen LogP contribution is -2.48. The minimum atomic E-state index is -0.491. The van der Waals surface area contributed by atoms with Gasteiger partial charge in [0.1, 0.15) is 0 Å². The molecule has 0 fully saturated rings. The summed E-state index contributed by atoms with van der Waals surface area (Å²) in [5.41, 5.74) is 0. The van der Waals surface area contributed by atoms with Crippen molar-refractivity contribution in [2.24, 2.45) is 0 Å². The van der Waals surface area contributed by atoms with Gasteiger partial charge in [-0.3, -0.25) is 10.1 Å². The maximum Gasteiger partial charge on any atom is 0.321 e. The number of carbonyl (C=O) groups excluding carboxylic acids is 2. The Labute approximate surface area is 105 Å². The van der Waals surface area contributed by atoms with E-state index in [2.05, 4.69) is 30.6 Å². The molecule has 1 atom stereocenters. The normalized spacial score (nSPS) is 11.9. The first-order chi connectivity index (χ1) is 8.63. The van der Waals surface area contributed by atoms with Crippen LogP contribution in [0.2, 0.25) is 0 Å². The van der Waals surface area contributed by atoms with Crippen molar-refractivity contribution < 1.29 is 14.1 Å². The van der Waals surface area contributed by atoms with Crippen molar-refractivity contribution in [2.45, 2.75) is 26.3 Å². The van der Waals surface area contributed by atoms with Gasteiger partial charge < -0.3 is 15.2 Å². The maximum atomic E-state index is 11.5. The van der Waals surface area contributed by atoms with Crippen LogP contribution in [-0.2, 0) is 11.2 Å². The number of rotatable bonds is 6. The third-order valence-corrected chi connectivity index (χ3v) is 2.17. The Kier molecular flexibility index (Phi) is 5.78. The molecule has 3 N–H and O–H groups in total. The summed E-state index contributed by atoms with van der Waals surface area (Å²) in [5, 5.41) is 11.3. The lowest BCUT2D eigenvalue weighted by Gasteiger charge is -2.12. The lowest BCUT2D eigenvalue weighted by atomic mass is 10.3. The minimum Gasteiger partial charge on any atom is -0.343 e. The molecular formula is C10H17N5O3. The first-order valence-corrected chi connectivity index (χ1v) is 5.70. The molecule has 0 spiro atoms. The molecule has 0 aliphatic carbocycles. The molecule has 1 aromatic heterocycles. The van der Waals surface area contributed by atoms with Crippen LogP contribution < -0.4 is 16.0 Å². The Bertz CT molecular complexity index is 379. The number of hydrogen-bond acceptors (Lipinski definition) is 6. The van der Waals surface area contributed by atoms with Crippen LogP contribution in [0, 0.1) is 0 Å². The number of carbonyl (C=O) groups is 2. The summed E-state index contributed by atoms with van der Waals surface area (Å²) < 4.78 is 4.58. The number of imide groups is 1. The summed E-state index contributed by atoms with van der Waals surface area (Å²) in [6.45, 7) is 4.43. The summed E-state index contributed by atoms with van der Waals surface area (Å²) >= 11 is 0. The molecule has 0 saturated heterocycles. The molecule has 1 rings (SSSR count). The van der Waals surface area contributed by atoms with Gasteiger partial charge in [-0.25, -0.2) is 4.79 Å². The Morgan fingerprint density at radius 1 is 1.50 bits per heavy atom. The smallest absolute Gasteiger partial charge is 0.321 e. The summed E-state index contributed by atoms with van der Waals surface area (Å²) in [7, 11) is 0. The highest BCUT2D eigenvalue weighted by atomic mass is 16.5. The van der Waals surface area contributed by atoms with Crippen molar-refractivity contribution >= 4 is 11.9 Å². The summed E-state index contributed by atoms with van der Waals surface area (Å²) in [4.78, 5) is 26.5. The van der Waals surface area contributed by atoms with E-state index >= 15 is 0 Å². The van der Waals surface area contributed by atoms with Crippen molar-refractivity contribution in [1.29, 1.82) is 0 Å². The largest absolute Gasteiger partial charge is 0.343 e. The fourth-order valence-electron chi connectivity index (χ4n) is 1.22. The Hall–Kier alpha value is -1.96.